The van der Waals surface area contributed by atoms with E-state index < -0.39 is 6.10 Å². The van der Waals surface area contributed by atoms with E-state index in [0.717, 1.165) is 17.5 Å². The number of hydrogen-bond donors (Lipinski definition) is 3. The summed E-state index contributed by atoms with van der Waals surface area (Å²) in [6.45, 7) is 1.24. The summed E-state index contributed by atoms with van der Waals surface area (Å²) in [5, 5.41) is 19.7. The number of aliphatic hydroxyl groups is 1. The number of fused-ring (bicyclic) bond motifs is 1. The van der Waals surface area contributed by atoms with Crippen LogP contribution in [0, 0.1) is 0 Å². The summed E-state index contributed by atoms with van der Waals surface area (Å²) in [5.41, 5.74) is 2.08. The highest BCUT2D eigenvalue weighted by Gasteiger charge is 2.31. The molecule has 1 heterocycles. The minimum atomic E-state index is -0.571. The number of carbonyl (C=O) groups excluding carboxylic acids is 1. The van der Waals surface area contributed by atoms with E-state index in [0.29, 0.717) is 19.5 Å². The van der Waals surface area contributed by atoms with Crippen LogP contribution in [0.4, 0.5) is 4.79 Å². The second-order valence-electron chi connectivity index (χ2n) is 5.36. The molecule has 1 aromatic carbocycles. The summed E-state index contributed by atoms with van der Waals surface area (Å²) >= 11 is 0. The Kier molecular flexibility index (Phi) is 4.34. The lowest BCUT2D eigenvalue weighted by Gasteiger charge is -2.18. The number of amides is 2. The Morgan fingerprint density at radius 2 is 2.27 bits per heavy atom. The van der Waals surface area contributed by atoms with Gasteiger partial charge < -0.3 is 15.7 Å². The highest BCUT2D eigenvalue weighted by Crippen LogP contribution is 2.30. The highest BCUT2D eigenvalue weighted by molar-refractivity contribution is 5.74. The van der Waals surface area contributed by atoms with Gasteiger partial charge in [-0.25, -0.2) is 9.78 Å². The molecule has 1 aliphatic carbocycles. The van der Waals surface area contributed by atoms with E-state index in [1.54, 1.807) is 11.0 Å². The van der Waals surface area contributed by atoms with Gasteiger partial charge in [0.2, 0.25) is 0 Å². The summed E-state index contributed by atoms with van der Waals surface area (Å²) < 4.78 is 1.72. The van der Waals surface area contributed by atoms with Gasteiger partial charge in [0.15, 0.2) is 0 Å². The molecule has 2 atom stereocenters. The van der Waals surface area contributed by atoms with Crippen LogP contribution in [0.3, 0.4) is 0 Å². The Bertz CT molecular complexity index is 629. The van der Waals surface area contributed by atoms with Gasteiger partial charge in [0.1, 0.15) is 12.7 Å². The number of benzene rings is 1. The molecule has 2 amide bonds. The normalized spacial score (nSPS) is 19.7. The molecule has 3 rings (SSSR count). The summed E-state index contributed by atoms with van der Waals surface area (Å²) in [4.78, 5) is 15.8. The number of urea groups is 1. The van der Waals surface area contributed by atoms with Crippen molar-refractivity contribution in [3.63, 3.8) is 0 Å². The molecule has 3 N–H and O–H groups in total. The maximum atomic E-state index is 11.9. The first kappa shape index (κ1) is 14.5. The minimum absolute atomic E-state index is 0.264. The van der Waals surface area contributed by atoms with E-state index in [9.17, 15) is 9.90 Å². The van der Waals surface area contributed by atoms with Gasteiger partial charge in [-0.15, -0.1) is 0 Å². The number of aromatic nitrogens is 3. The topological polar surface area (TPSA) is 92.1 Å². The monoisotopic (exact) mass is 301 g/mol. The van der Waals surface area contributed by atoms with Crippen LogP contribution in [-0.4, -0.2) is 38.6 Å². The van der Waals surface area contributed by atoms with Crippen LogP contribution in [0.1, 0.15) is 23.6 Å². The Labute approximate surface area is 128 Å². The first-order valence-corrected chi connectivity index (χ1v) is 7.36. The minimum Gasteiger partial charge on any atom is -0.390 e. The van der Waals surface area contributed by atoms with E-state index >= 15 is 0 Å². The average Bonchev–Trinajstić information content (AvgIpc) is 3.13. The van der Waals surface area contributed by atoms with Gasteiger partial charge in [-0.3, -0.25) is 4.68 Å². The molecule has 1 aromatic heterocycles. The second-order valence-corrected chi connectivity index (χ2v) is 5.36. The fraction of sp³-hybridized carbons (Fsp3) is 0.400. The van der Waals surface area contributed by atoms with Crippen LogP contribution in [0.2, 0.25) is 0 Å². The van der Waals surface area contributed by atoms with Crippen molar-refractivity contribution in [1.29, 1.82) is 0 Å². The molecule has 7 heteroatoms. The predicted octanol–water partition coefficient (Wildman–Crippen LogP) is 0.626. The van der Waals surface area contributed by atoms with Crippen molar-refractivity contribution in [2.45, 2.75) is 31.5 Å². The SMILES string of the molecule is O=C(NCCCn1cncn1)N[C@@H]1c2ccccc2C[C@@H]1O. The Morgan fingerprint density at radius 3 is 3.09 bits per heavy atom. The van der Waals surface area contributed by atoms with Crippen LogP contribution in [0.5, 0.6) is 0 Å². The van der Waals surface area contributed by atoms with Crippen LogP contribution in [0.15, 0.2) is 36.9 Å². The molecule has 0 fully saturated rings. The molecule has 0 saturated carbocycles. The van der Waals surface area contributed by atoms with Gasteiger partial charge >= 0.3 is 6.03 Å². The lowest BCUT2D eigenvalue weighted by molar-refractivity contribution is 0.142. The van der Waals surface area contributed by atoms with E-state index in [1.807, 2.05) is 24.3 Å². The van der Waals surface area contributed by atoms with Gasteiger partial charge in [-0.2, -0.15) is 5.10 Å². The number of nitrogens with one attached hydrogen (secondary N) is 2. The lowest BCUT2D eigenvalue weighted by Crippen LogP contribution is -2.41. The first-order chi connectivity index (χ1) is 10.7. The largest absolute Gasteiger partial charge is 0.390 e. The van der Waals surface area contributed by atoms with Crippen LogP contribution in [-0.2, 0) is 13.0 Å². The van der Waals surface area contributed by atoms with Gasteiger partial charge in [0, 0.05) is 19.5 Å². The first-order valence-electron chi connectivity index (χ1n) is 7.36. The third kappa shape index (κ3) is 3.25. The van der Waals surface area contributed by atoms with Crippen molar-refractivity contribution >= 4 is 6.03 Å². The standard InChI is InChI=1S/C15H19N5O2/c21-13-8-11-4-1-2-5-12(11)14(13)19-15(22)17-6-3-7-20-10-16-9-18-20/h1-2,4-5,9-10,13-14,21H,3,6-8H2,(H2,17,19,22)/t13-,14+/m0/s1. The molecule has 0 saturated heterocycles. The van der Waals surface area contributed by atoms with Gasteiger partial charge in [0.05, 0.1) is 12.1 Å². The molecule has 0 bridgehead atoms. The molecule has 116 valence electrons. The van der Waals surface area contributed by atoms with Crippen molar-refractivity contribution in [2.75, 3.05) is 6.54 Å². The molecular weight excluding hydrogens is 282 g/mol. The van der Waals surface area contributed by atoms with Crippen LogP contribution < -0.4 is 10.6 Å². The highest BCUT2D eigenvalue weighted by atomic mass is 16.3. The predicted molar refractivity (Wildman–Crippen MR) is 80.1 cm³/mol. The van der Waals surface area contributed by atoms with Crippen LogP contribution in [0.25, 0.3) is 0 Å². The van der Waals surface area contributed by atoms with Gasteiger partial charge in [-0.05, 0) is 17.5 Å². The van der Waals surface area contributed by atoms with Crippen molar-refractivity contribution in [2.24, 2.45) is 0 Å². The zero-order valence-electron chi connectivity index (χ0n) is 12.1. The number of hydrogen-bond acceptors (Lipinski definition) is 4. The average molecular weight is 301 g/mol. The molecule has 2 aromatic rings. The van der Waals surface area contributed by atoms with Gasteiger partial charge in [-0.1, -0.05) is 24.3 Å². The lowest BCUT2D eigenvalue weighted by atomic mass is 10.1. The van der Waals surface area contributed by atoms with E-state index in [2.05, 4.69) is 20.7 Å². The fourth-order valence-corrected chi connectivity index (χ4v) is 2.73. The van der Waals surface area contributed by atoms with E-state index in [1.165, 1.54) is 6.33 Å². The third-order valence-electron chi connectivity index (χ3n) is 3.81. The van der Waals surface area contributed by atoms with Crippen molar-refractivity contribution in [3.05, 3.63) is 48.0 Å². The summed E-state index contributed by atoms with van der Waals surface area (Å²) in [5.74, 6) is 0. The Balaban J connectivity index is 1.46. The second kappa shape index (κ2) is 6.57. The molecule has 0 aliphatic heterocycles. The molecular formula is C15H19N5O2. The molecule has 22 heavy (non-hydrogen) atoms. The zero-order valence-corrected chi connectivity index (χ0v) is 12.1. The summed E-state index contributed by atoms with van der Waals surface area (Å²) in [7, 11) is 0. The van der Waals surface area contributed by atoms with Crippen molar-refractivity contribution in [1.82, 2.24) is 25.4 Å². The summed E-state index contributed by atoms with van der Waals surface area (Å²) in [6, 6.07) is 7.18. The number of aliphatic hydroxyl groups excluding tert-OH is 1. The molecule has 0 unspecified atom stereocenters. The van der Waals surface area contributed by atoms with Crippen molar-refractivity contribution in [3.8, 4) is 0 Å². The number of rotatable bonds is 5. The molecule has 1 aliphatic rings. The third-order valence-corrected chi connectivity index (χ3v) is 3.81. The molecule has 0 radical (unpaired) electrons. The molecule has 7 nitrogen and oxygen atoms in total. The van der Waals surface area contributed by atoms with Gasteiger partial charge in [0.25, 0.3) is 0 Å². The number of nitrogens with zero attached hydrogens (tertiary/aromatic N) is 3. The Morgan fingerprint density at radius 1 is 1.41 bits per heavy atom. The molecule has 0 spiro atoms. The smallest absolute Gasteiger partial charge is 0.315 e. The number of aryl methyl sites for hydroxylation is 1. The maximum absolute atomic E-state index is 11.9. The van der Waals surface area contributed by atoms with Crippen LogP contribution >= 0.6 is 0 Å². The number of carbonyl (C=O) groups is 1. The van der Waals surface area contributed by atoms with E-state index in [-0.39, 0.29) is 12.1 Å². The Hall–Kier alpha value is -2.41. The van der Waals surface area contributed by atoms with E-state index in [4.69, 9.17) is 0 Å². The zero-order chi connectivity index (χ0) is 15.4. The fourth-order valence-electron chi connectivity index (χ4n) is 2.73. The quantitative estimate of drug-likeness (QED) is 0.706. The maximum Gasteiger partial charge on any atom is 0.315 e. The van der Waals surface area contributed by atoms with Crippen molar-refractivity contribution < 1.29 is 9.90 Å². The summed E-state index contributed by atoms with van der Waals surface area (Å²) in [6.07, 6.45) is 3.90.